The van der Waals surface area contributed by atoms with Crippen molar-refractivity contribution in [3.8, 4) is 11.3 Å². The molecule has 6 nitrogen and oxygen atoms in total. The number of benzene rings is 1. The summed E-state index contributed by atoms with van der Waals surface area (Å²) >= 11 is 0. The summed E-state index contributed by atoms with van der Waals surface area (Å²) in [6.07, 6.45) is 1.52. The SMILES string of the molecule is Cc1ccccc1-c1[nH]n2c(=O)cc(CCc3c(C)n[nH]c3C)nc2c1C. The van der Waals surface area contributed by atoms with Gasteiger partial charge in [-0.1, -0.05) is 24.3 Å². The third-order valence-electron chi connectivity index (χ3n) is 5.23. The normalized spacial score (nSPS) is 11.4. The summed E-state index contributed by atoms with van der Waals surface area (Å²) in [5, 5.41) is 10.5. The lowest BCUT2D eigenvalue weighted by Crippen LogP contribution is -2.16. The van der Waals surface area contributed by atoms with E-state index in [0.29, 0.717) is 12.1 Å². The highest BCUT2D eigenvalue weighted by Gasteiger charge is 2.15. The number of H-pyrrole nitrogens is 2. The van der Waals surface area contributed by atoms with Crippen molar-refractivity contribution in [2.75, 3.05) is 0 Å². The maximum atomic E-state index is 12.6. The van der Waals surface area contributed by atoms with Crippen molar-refractivity contribution in [3.05, 3.63) is 74.5 Å². The van der Waals surface area contributed by atoms with Crippen molar-refractivity contribution < 1.29 is 0 Å². The first-order chi connectivity index (χ1) is 13.0. The van der Waals surface area contributed by atoms with E-state index in [1.165, 1.54) is 10.1 Å². The van der Waals surface area contributed by atoms with Crippen LogP contribution in [0.3, 0.4) is 0 Å². The molecule has 6 heteroatoms. The van der Waals surface area contributed by atoms with Gasteiger partial charge in [-0.15, -0.1) is 0 Å². The summed E-state index contributed by atoms with van der Waals surface area (Å²) in [6, 6.07) is 9.76. The van der Waals surface area contributed by atoms with Gasteiger partial charge in [-0.25, -0.2) is 9.50 Å². The van der Waals surface area contributed by atoms with Crippen molar-refractivity contribution in [1.82, 2.24) is 24.8 Å². The molecule has 2 N–H and O–H groups in total. The summed E-state index contributed by atoms with van der Waals surface area (Å²) < 4.78 is 1.54. The van der Waals surface area contributed by atoms with E-state index in [2.05, 4.69) is 34.4 Å². The van der Waals surface area contributed by atoms with Crippen LogP contribution in [0.5, 0.6) is 0 Å². The van der Waals surface area contributed by atoms with E-state index in [9.17, 15) is 4.79 Å². The molecule has 0 bridgehead atoms. The minimum atomic E-state index is -0.0847. The van der Waals surface area contributed by atoms with Gasteiger partial charge in [0.15, 0.2) is 5.65 Å². The van der Waals surface area contributed by atoms with Crippen LogP contribution in [-0.2, 0) is 12.8 Å². The second-order valence-electron chi connectivity index (χ2n) is 7.08. The highest BCUT2D eigenvalue weighted by molar-refractivity contribution is 5.72. The molecule has 0 aliphatic rings. The first-order valence-electron chi connectivity index (χ1n) is 9.13. The number of rotatable bonds is 4. The molecule has 3 aromatic heterocycles. The van der Waals surface area contributed by atoms with Crippen LogP contribution in [0.4, 0.5) is 0 Å². The Labute approximate surface area is 157 Å². The van der Waals surface area contributed by atoms with Crippen LogP contribution in [0, 0.1) is 27.7 Å². The Balaban J connectivity index is 1.74. The van der Waals surface area contributed by atoms with Gasteiger partial charge >= 0.3 is 0 Å². The van der Waals surface area contributed by atoms with Crippen LogP contribution >= 0.6 is 0 Å². The van der Waals surface area contributed by atoms with Gasteiger partial charge in [-0.05, 0) is 51.7 Å². The summed E-state index contributed by atoms with van der Waals surface area (Å²) in [7, 11) is 0. The van der Waals surface area contributed by atoms with E-state index >= 15 is 0 Å². The number of aromatic nitrogens is 5. The van der Waals surface area contributed by atoms with Crippen molar-refractivity contribution in [3.63, 3.8) is 0 Å². The van der Waals surface area contributed by atoms with E-state index in [-0.39, 0.29) is 5.56 Å². The van der Waals surface area contributed by atoms with Gasteiger partial charge in [0.05, 0.1) is 11.4 Å². The van der Waals surface area contributed by atoms with Crippen LogP contribution in [0.2, 0.25) is 0 Å². The number of aryl methyl sites for hydroxylation is 5. The Kier molecular flexibility index (Phi) is 4.18. The Morgan fingerprint density at radius 3 is 2.56 bits per heavy atom. The topological polar surface area (TPSA) is 78.8 Å². The molecule has 1 aromatic carbocycles. The van der Waals surface area contributed by atoms with Crippen LogP contribution < -0.4 is 5.56 Å². The van der Waals surface area contributed by atoms with Crippen molar-refractivity contribution >= 4 is 5.65 Å². The Hall–Kier alpha value is -3.15. The minimum absolute atomic E-state index is 0.0847. The van der Waals surface area contributed by atoms with Crippen molar-refractivity contribution in [1.29, 1.82) is 0 Å². The summed E-state index contributed by atoms with van der Waals surface area (Å²) in [4.78, 5) is 17.4. The smallest absolute Gasteiger partial charge is 0.272 e. The zero-order valence-electron chi connectivity index (χ0n) is 16.1. The number of nitrogens with one attached hydrogen (secondary N) is 2. The summed E-state index contributed by atoms with van der Waals surface area (Å²) in [5.74, 6) is 0. The minimum Gasteiger partial charge on any atom is -0.289 e. The molecule has 0 fully saturated rings. The Morgan fingerprint density at radius 2 is 1.85 bits per heavy atom. The molecule has 138 valence electrons. The molecule has 0 saturated carbocycles. The fraction of sp³-hybridized carbons (Fsp3) is 0.286. The highest BCUT2D eigenvalue weighted by Crippen LogP contribution is 2.26. The standard InChI is InChI=1S/C21H23N5O/c1-12-7-5-6-8-17(12)20-13(2)21-22-16(11-19(27)26(21)25-20)9-10-18-14(3)23-24-15(18)4/h5-8,11,25H,9-10H2,1-4H3,(H,23,24). The summed E-state index contributed by atoms with van der Waals surface area (Å²) in [5.41, 5.74) is 8.86. The second kappa shape index (κ2) is 6.54. The maximum absolute atomic E-state index is 12.6. The molecule has 4 aromatic rings. The summed E-state index contributed by atoms with van der Waals surface area (Å²) in [6.45, 7) is 8.09. The highest BCUT2D eigenvalue weighted by atomic mass is 16.1. The molecular weight excluding hydrogens is 338 g/mol. The Morgan fingerprint density at radius 1 is 1.07 bits per heavy atom. The molecule has 0 atom stereocenters. The molecule has 0 radical (unpaired) electrons. The zero-order chi connectivity index (χ0) is 19.1. The van der Waals surface area contributed by atoms with Gasteiger partial charge in [-0.3, -0.25) is 15.0 Å². The van der Waals surface area contributed by atoms with Crippen molar-refractivity contribution in [2.24, 2.45) is 0 Å². The van der Waals surface area contributed by atoms with Crippen LogP contribution in [0.15, 0.2) is 35.1 Å². The molecule has 4 rings (SSSR count). The molecule has 3 heterocycles. The fourth-order valence-electron chi connectivity index (χ4n) is 3.64. The first kappa shape index (κ1) is 17.3. The number of hydrogen-bond donors (Lipinski definition) is 2. The largest absolute Gasteiger partial charge is 0.289 e. The lowest BCUT2D eigenvalue weighted by atomic mass is 10.0. The molecule has 27 heavy (non-hydrogen) atoms. The molecular formula is C21H23N5O. The fourth-order valence-corrected chi connectivity index (χ4v) is 3.64. The molecule has 0 unspecified atom stereocenters. The number of aromatic amines is 2. The van der Waals surface area contributed by atoms with E-state index in [4.69, 9.17) is 4.98 Å². The van der Waals surface area contributed by atoms with Gasteiger partial charge in [0.25, 0.3) is 5.56 Å². The average Bonchev–Trinajstić information content (AvgIpc) is 3.14. The van der Waals surface area contributed by atoms with Gasteiger partial charge in [-0.2, -0.15) is 5.10 Å². The van der Waals surface area contributed by atoms with Gasteiger partial charge < -0.3 is 0 Å². The molecule has 0 aliphatic heterocycles. The van der Waals surface area contributed by atoms with Crippen molar-refractivity contribution in [2.45, 2.75) is 40.5 Å². The Bertz CT molecular complexity index is 1180. The lowest BCUT2D eigenvalue weighted by Gasteiger charge is -2.03. The molecule has 0 saturated heterocycles. The van der Waals surface area contributed by atoms with Gasteiger partial charge in [0.1, 0.15) is 0 Å². The van der Waals surface area contributed by atoms with Crippen LogP contribution in [0.1, 0.15) is 33.8 Å². The number of fused-ring (bicyclic) bond motifs is 1. The molecule has 0 aliphatic carbocycles. The quantitative estimate of drug-likeness (QED) is 0.584. The zero-order valence-corrected chi connectivity index (χ0v) is 16.1. The van der Waals surface area contributed by atoms with Crippen LogP contribution in [-0.4, -0.2) is 24.8 Å². The second-order valence-corrected chi connectivity index (χ2v) is 7.08. The monoisotopic (exact) mass is 361 g/mol. The third-order valence-corrected chi connectivity index (χ3v) is 5.23. The van der Waals surface area contributed by atoms with E-state index in [0.717, 1.165) is 45.9 Å². The molecule has 0 spiro atoms. The lowest BCUT2D eigenvalue weighted by molar-refractivity contribution is 0.849. The molecule has 0 amide bonds. The maximum Gasteiger partial charge on any atom is 0.272 e. The van der Waals surface area contributed by atoms with Crippen LogP contribution in [0.25, 0.3) is 16.9 Å². The van der Waals surface area contributed by atoms with E-state index < -0.39 is 0 Å². The first-order valence-corrected chi connectivity index (χ1v) is 9.13. The van der Waals surface area contributed by atoms with E-state index in [1.54, 1.807) is 6.07 Å². The number of hydrogen-bond acceptors (Lipinski definition) is 3. The average molecular weight is 361 g/mol. The third kappa shape index (κ3) is 2.97. The van der Waals surface area contributed by atoms with Gasteiger partial charge in [0, 0.05) is 28.6 Å². The predicted molar refractivity (Wildman–Crippen MR) is 106 cm³/mol. The van der Waals surface area contributed by atoms with Gasteiger partial charge in [0.2, 0.25) is 0 Å². The number of nitrogens with zero attached hydrogens (tertiary/aromatic N) is 3. The predicted octanol–water partition coefficient (Wildman–Crippen LogP) is 3.43. The van der Waals surface area contributed by atoms with E-state index in [1.807, 2.05) is 32.9 Å².